The van der Waals surface area contributed by atoms with Crippen molar-refractivity contribution in [3.63, 3.8) is 0 Å². The summed E-state index contributed by atoms with van der Waals surface area (Å²) < 4.78 is 27.0. The van der Waals surface area contributed by atoms with Gasteiger partial charge in [0, 0.05) is 57.8 Å². The zero-order chi connectivity index (χ0) is 20.3. The molecular weight excluding hydrogens is 380 g/mol. The fraction of sp³-hybridized carbons (Fsp3) is 0.579. The van der Waals surface area contributed by atoms with Crippen LogP contribution < -0.4 is 5.32 Å². The molecule has 154 valence electrons. The lowest BCUT2D eigenvalue weighted by molar-refractivity contribution is -0.132. The van der Waals surface area contributed by atoms with Crippen LogP contribution in [0.2, 0.25) is 0 Å². The zero-order valence-corrected chi connectivity index (χ0v) is 17.2. The Labute approximate surface area is 166 Å². The van der Waals surface area contributed by atoms with Gasteiger partial charge in [0.2, 0.25) is 21.8 Å². The van der Waals surface area contributed by atoms with E-state index >= 15 is 0 Å². The molecule has 0 bridgehead atoms. The second kappa shape index (κ2) is 8.59. The van der Waals surface area contributed by atoms with Gasteiger partial charge in [-0.15, -0.1) is 0 Å². The van der Waals surface area contributed by atoms with Crippen LogP contribution >= 0.6 is 0 Å². The molecule has 2 heterocycles. The van der Waals surface area contributed by atoms with Gasteiger partial charge in [0.15, 0.2) is 0 Å². The van der Waals surface area contributed by atoms with Crippen molar-refractivity contribution in [2.45, 2.75) is 24.7 Å². The Morgan fingerprint density at radius 3 is 2.07 bits per heavy atom. The van der Waals surface area contributed by atoms with Crippen LogP contribution in [0.5, 0.6) is 0 Å². The van der Waals surface area contributed by atoms with E-state index in [0.717, 1.165) is 13.1 Å². The van der Waals surface area contributed by atoms with Gasteiger partial charge in [-0.25, -0.2) is 8.42 Å². The Balaban J connectivity index is 1.58. The van der Waals surface area contributed by atoms with Crippen LogP contribution in [0.15, 0.2) is 29.2 Å². The molecule has 0 aliphatic carbocycles. The molecule has 0 aromatic heterocycles. The van der Waals surface area contributed by atoms with Gasteiger partial charge < -0.3 is 15.1 Å². The average Bonchev–Trinajstić information content (AvgIpc) is 2.69. The maximum absolute atomic E-state index is 12.7. The Bertz CT molecular complexity index is 809. The maximum Gasteiger partial charge on any atom is 0.243 e. The number of likely N-dealkylation sites (N-methyl/N-ethyl adjacent to an activating group) is 1. The molecule has 9 heteroatoms. The van der Waals surface area contributed by atoms with Crippen LogP contribution in [0.25, 0.3) is 0 Å². The molecule has 0 atom stereocenters. The molecule has 0 unspecified atom stereocenters. The summed E-state index contributed by atoms with van der Waals surface area (Å²) in [5.41, 5.74) is 0.580. The van der Waals surface area contributed by atoms with Gasteiger partial charge in [-0.1, -0.05) is 0 Å². The minimum absolute atomic E-state index is 0.0380. The number of benzene rings is 1. The van der Waals surface area contributed by atoms with Crippen LogP contribution in [0.3, 0.4) is 0 Å². The van der Waals surface area contributed by atoms with Crippen LogP contribution in [-0.2, 0) is 19.6 Å². The first-order valence-electron chi connectivity index (χ1n) is 9.62. The van der Waals surface area contributed by atoms with Gasteiger partial charge in [0.05, 0.1) is 4.90 Å². The number of rotatable bonds is 4. The number of anilines is 1. The van der Waals surface area contributed by atoms with Crippen molar-refractivity contribution >= 4 is 27.5 Å². The molecule has 0 saturated carbocycles. The minimum atomic E-state index is -3.51. The van der Waals surface area contributed by atoms with Crippen molar-refractivity contribution in [3.05, 3.63) is 24.3 Å². The van der Waals surface area contributed by atoms with Gasteiger partial charge in [0.1, 0.15) is 0 Å². The lowest BCUT2D eigenvalue weighted by Crippen LogP contribution is -2.46. The van der Waals surface area contributed by atoms with E-state index in [1.165, 1.54) is 11.2 Å². The summed E-state index contributed by atoms with van der Waals surface area (Å²) in [6.45, 7) is 5.13. The Hall–Kier alpha value is -1.97. The van der Waals surface area contributed by atoms with E-state index < -0.39 is 10.0 Å². The number of likely N-dealkylation sites (tertiary alicyclic amines) is 1. The maximum atomic E-state index is 12.7. The quantitative estimate of drug-likeness (QED) is 0.797. The fourth-order valence-corrected chi connectivity index (χ4v) is 5.01. The summed E-state index contributed by atoms with van der Waals surface area (Å²) in [6, 6.07) is 6.35. The van der Waals surface area contributed by atoms with Crippen molar-refractivity contribution in [1.29, 1.82) is 0 Å². The van der Waals surface area contributed by atoms with Crippen LogP contribution in [0, 0.1) is 5.92 Å². The number of nitrogens with zero attached hydrogens (tertiary/aromatic N) is 3. The topological polar surface area (TPSA) is 90.0 Å². The number of nitrogens with one attached hydrogen (secondary N) is 1. The van der Waals surface area contributed by atoms with E-state index in [9.17, 15) is 18.0 Å². The van der Waals surface area contributed by atoms with Crippen LogP contribution in [-0.4, -0.2) is 80.7 Å². The first-order valence-corrected chi connectivity index (χ1v) is 11.1. The summed E-state index contributed by atoms with van der Waals surface area (Å²) in [5, 5.41) is 2.86. The number of carbonyl (C=O) groups is 2. The summed E-state index contributed by atoms with van der Waals surface area (Å²) in [7, 11) is -1.53. The molecular formula is C19H28N4O4S. The number of carbonyl (C=O) groups excluding carboxylic acids is 2. The predicted octanol–water partition coefficient (Wildman–Crippen LogP) is 0.820. The Morgan fingerprint density at radius 1 is 0.964 bits per heavy atom. The number of amides is 2. The Morgan fingerprint density at radius 2 is 1.54 bits per heavy atom. The lowest BCUT2D eigenvalue weighted by Gasteiger charge is -2.31. The molecule has 28 heavy (non-hydrogen) atoms. The van der Waals surface area contributed by atoms with Crippen LogP contribution in [0.1, 0.15) is 19.8 Å². The molecule has 2 fully saturated rings. The standard InChI is InChI=1S/C19H28N4O4S/c1-15(24)22-9-7-16(8-10-22)19(25)20-17-3-5-18(6-4-17)28(26,27)23-13-11-21(2)12-14-23/h3-6,16H,7-14H2,1-2H3,(H,20,25). The lowest BCUT2D eigenvalue weighted by atomic mass is 9.96. The highest BCUT2D eigenvalue weighted by Gasteiger charge is 2.28. The molecule has 0 spiro atoms. The number of sulfonamides is 1. The molecule has 1 aromatic carbocycles. The second-order valence-corrected chi connectivity index (χ2v) is 9.44. The van der Waals surface area contributed by atoms with Gasteiger partial charge in [-0.3, -0.25) is 9.59 Å². The molecule has 0 radical (unpaired) electrons. The zero-order valence-electron chi connectivity index (χ0n) is 16.4. The molecule has 1 N–H and O–H groups in total. The molecule has 3 rings (SSSR count). The largest absolute Gasteiger partial charge is 0.343 e. The van der Waals surface area contributed by atoms with E-state index in [0.29, 0.717) is 44.7 Å². The highest BCUT2D eigenvalue weighted by Crippen LogP contribution is 2.22. The summed E-state index contributed by atoms with van der Waals surface area (Å²) >= 11 is 0. The summed E-state index contributed by atoms with van der Waals surface area (Å²) in [4.78, 5) is 27.9. The SMILES string of the molecule is CC(=O)N1CCC(C(=O)Nc2ccc(S(=O)(=O)N3CCN(C)CC3)cc2)CC1. The molecule has 1 aromatic rings. The van der Waals surface area contributed by atoms with E-state index in [2.05, 4.69) is 10.2 Å². The number of piperidine rings is 1. The van der Waals surface area contributed by atoms with E-state index in [-0.39, 0.29) is 22.6 Å². The molecule has 2 amide bonds. The third-order valence-corrected chi connectivity index (χ3v) is 7.45. The van der Waals surface area contributed by atoms with Gasteiger partial charge >= 0.3 is 0 Å². The van der Waals surface area contributed by atoms with Crippen molar-refractivity contribution in [3.8, 4) is 0 Å². The van der Waals surface area contributed by atoms with E-state index in [1.807, 2.05) is 7.05 Å². The van der Waals surface area contributed by atoms with Gasteiger partial charge in [0.25, 0.3) is 0 Å². The second-order valence-electron chi connectivity index (χ2n) is 7.50. The fourth-order valence-electron chi connectivity index (χ4n) is 3.59. The third kappa shape index (κ3) is 4.71. The van der Waals surface area contributed by atoms with Crippen molar-refractivity contribution in [2.24, 2.45) is 5.92 Å². The third-order valence-electron chi connectivity index (χ3n) is 5.53. The number of hydrogen-bond donors (Lipinski definition) is 1. The minimum Gasteiger partial charge on any atom is -0.343 e. The molecule has 2 aliphatic heterocycles. The highest BCUT2D eigenvalue weighted by atomic mass is 32.2. The first-order chi connectivity index (χ1) is 13.3. The first kappa shape index (κ1) is 20.8. The summed E-state index contributed by atoms with van der Waals surface area (Å²) in [5.74, 6) is -0.182. The molecule has 8 nitrogen and oxygen atoms in total. The van der Waals surface area contributed by atoms with E-state index in [4.69, 9.17) is 0 Å². The van der Waals surface area contributed by atoms with Gasteiger partial charge in [-0.2, -0.15) is 4.31 Å². The van der Waals surface area contributed by atoms with E-state index in [1.54, 1.807) is 29.2 Å². The van der Waals surface area contributed by atoms with Crippen molar-refractivity contribution in [2.75, 3.05) is 51.6 Å². The number of piperazine rings is 1. The highest BCUT2D eigenvalue weighted by molar-refractivity contribution is 7.89. The summed E-state index contributed by atoms with van der Waals surface area (Å²) in [6.07, 6.45) is 1.28. The van der Waals surface area contributed by atoms with Crippen LogP contribution in [0.4, 0.5) is 5.69 Å². The monoisotopic (exact) mass is 408 g/mol. The average molecular weight is 409 g/mol. The molecule has 2 saturated heterocycles. The predicted molar refractivity (Wildman–Crippen MR) is 106 cm³/mol. The van der Waals surface area contributed by atoms with Gasteiger partial charge in [-0.05, 0) is 44.2 Å². The number of hydrogen-bond acceptors (Lipinski definition) is 5. The normalized spacial score (nSPS) is 20.1. The molecule has 2 aliphatic rings. The van der Waals surface area contributed by atoms with Crippen molar-refractivity contribution in [1.82, 2.24) is 14.1 Å². The Kier molecular flexibility index (Phi) is 6.36. The smallest absolute Gasteiger partial charge is 0.243 e. The van der Waals surface area contributed by atoms with Crippen molar-refractivity contribution < 1.29 is 18.0 Å².